The number of fused-ring (bicyclic) bond motifs is 3. The number of carbonyl (C=O) groups excluding carboxylic acids is 2. The van der Waals surface area contributed by atoms with E-state index in [0.717, 1.165) is 5.39 Å². The number of amides is 1. The number of hydrogen-bond donors (Lipinski definition) is 1. The summed E-state index contributed by atoms with van der Waals surface area (Å²) in [6.07, 6.45) is 1.33. The molecule has 4 rings (SSSR count). The molecule has 4 aromatic rings. The first-order valence-corrected chi connectivity index (χ1v) is 8.83. The van der Waals surface area contributed by atoms with Gasteiger partial charge in [-0.05, 0) is 42.8 Å². The van der Waals surface area contributed by atoms with Crippen molar-refractivity contribution in [1.29, 1.82) is 0 Å². The number of benzene rings is 2. The topological polar surface area (TPSA) is 103 Å². The maximum Gasteiger partial charge on any atom is 0.337 e. The normalized spacial score (nSPS) is 11.0. The van der Waals surface area contributed by atoms with Gasteiger partial charge in [-0.15, -0.1) is 0 Å². The summed E-state index contributed by atoms with van der Waals surface area (Å²) in [5.74, 6) is -0.860. The quantitative estimate of drug-likeness (QED) is 0.537. The third-order valence-electron chi connectivity index (χ3n) is 4.59. The van der Waals surface area contributed by atoms with Gasteiger partial charge in [0.15, 0.2) is 0 Å². The lowest BCUT2D eigenvalue weighted by atomic mass is 10.1. The van der Waals surface area contributed by atoms with Crippen LogP contribution in [-0.2, 0) is 16.1 Å². The van der Waals surface area contributed by atoms with Crippen LogP contribution < -0.4 is 10.9 Å². The first-order chi connectivity index (χ1) is 14.0. The molecule has 146 valence electrons. The summed E-state index contributed by atoms with van der Waals surface area (Å²) in [5, 5.41) is 3.48. The molecule has 8 heteroatoms. The van der Waals surface area contributed by atoms with E-state index in [2.05, 4.69) is 15.0 Å². The maximum absolute atomic E-state index is 12.7. The summed E-state index contributed by atoms with van der Waals surface area (Å²) in [5.41, 5.74) is 2.33. The molecule has 29 heavy (non-hydrogen) atoms. The van der Waals surface area contributed by atoms with E-state index in [0.29, 0.717) is 27.9 Å². The fourth-order valence-corrected chi connectivity index (χ4v) is 3.12. The fraction of sp³-hybridized carbons (Fsp3) is 0.143. The van der Waals surface area contributed by atoms with Gasteiger partial charge in [-0.2, -0.15) is 0 Å². The minimum Gasteiger partial charge on any atom is -0.465 e. The lowest BCUT2D eigenvalue weighted by Gasteiger charge is -2.10. The smallest absolute Gasteiger partial charge is 0.337 e. The van der Waals surface area contributed by atoms with Gasteiger partial charge in [-0.1, -0.05) is 12.1 Å². The van der Waals surface area contributed by atoms with Crippen LogP contribution in [0, 0.1) is 6.92 Å². The van der Waals surface area contributed by atoms with Crippen LogP contribution in [-0.4, -0.2) is 28.5 Å². The van der Waals surface area contributed by atoms with E-state index in [9.17, 15) is 14.4 Å². The van der Waals surface area contributed by atoms with E-state index in [1.807, 2.05) is 18.2 Å². The van der Waals surface area contributed by atoms with Crippen LogP contribution in [0.15, 0.2) is 58.0 Å². The lowest BCUT2D eigenvalue weighted by molar-refractivity contribution is -0.116. The number of rotatable bonds is 4. The first-order valence-electron chi connectivity index (χ1n) is 8.83. The summed E-state index contributed by atoms with van der Waals surface area (Å²) in [6.45, 7) is 1.53. The highest BCUT2D eigenvalue weighted by molar-refractivity contribution is 6.02. The van der Waals surface area contributed by atoms with Crippen molar-refractivity contribution in [1.82, 2.24) is 9.55 Å². The minimum atomic E-state index is -0.456. The lowest BCUT2D eigenvalue weighted by Crippen LogP contribution is -2.27. The summed E-state index contributed by atoms with van der Waals surface area (Å²) >= 11 is 0. The Hall–Kier alpha value is -3.94. The third-order valence-corrected chi connectivity index (χ3v) is 4.59. The molecule has 0 saturated carbocycles. The van der Waals surface area contributed by atoms with Crippen molar-refractivity contribution in [3.05, 3.63) is 70.3 Å². The van der Waals surface area contributed by atoms with Gasteiger partial charge in [-0.3, -0.25) is 14.2 Å². The number of anilines is 1. The van der Waals surface area contributed by atoms with Gasteiger partial charge in [0.05, 0.1) is 19.0 Å². The Morgan fingerprint density at radius 2 is 2.00 bits per heavy atom. The Kier molecular flexibility index (Phi) is 4.59. The maximum atomic E-state index is 12.7. The number of methoxy groups -OCH3 is 1. The second kappa shape index (κ2) is 7.23. The Bertz CT molecular complexity index is 1320. The molecule has 0 saturated heterocycles. The third kappa shape index (κ3) is 3.36. The van der Waals surface area contributed by atoms with E-state index >= 15 is 0 Å². The van der Waals surface area contributed by atoms with Gasteiger partial charge >= 0.3 is 5.97 Å². The zero-order chi connectivity index (χ0) is 20.5. The molecule has 0 fully saturated rings. The molecule has 2 aromatic carbocycles. The molecule has 2 heterocycles. The number of carbonyl (C=O) groups is 2. The molecular formula is C21H17N3O5. The molecular weight excluding hydrogens is 374 g/mol. The SMILES string of the molecule is COC(=O)c1ccc(NC(=O)Cn2cnc3c(oc4ccccc43)c2=O)c(C)c1. The van der Waals surface area contributed by atoms with Crippen molar-refractivity contribution < 1.29 is 18.7 Å². The Balaban J connectivity index is 1.58. The highest BCUT2D eigenvalue weighted by Crippen LogP contribution is 2.24. The van der Waals surface area contributed by atoms with Gasteiger partial charge in [0.2, 0.25) is 11.5 Å². The molecule has 0 aliphatic heterocycles. The number of aryl methyl sites for hydroxylation is 1. The zero-order valence-corrected chi connectivity index (χ0v) is 15.8. The average molecular weight is 391 g/mol. The summed E-state index contributed by atoms with van der Waals surface area (Å²) in [6, 6.07) is 12.0. The van der Waals surface area contributed by atoms with Crippen molar-refractivity contribution in [3.63, 3.8) is 0 Å². The van der Waals surface area contributed by atoms with E-state index in [1.54, 1.807) is 31.2 Å². The second-order valence-electron chi connectivity index (χ2n) is 6.52. The van der Waals surface area contributed by atoms with Gasteiger partial charge in [0.1, 0.15) is 17.6 Å². The van der Waals surface area contributed by atoms with E-state index in [4.69, 9.17) is 4.42 Å². The molecule has 0 spiro atoms. The zero-order valence-electron chi connectivity index (χ0n) is 15.8. The second-order valence-corrected chi connectivity index (χ2v) is 6.52. The number of ether oxygens (including phenoxy) is 1. The fourth-order valence-electron chi connectivity index (χ4n) is 3.12. The largest absolute Gasteiger partial charge is 0.465 e. The minimum absolute atomic E-state index is 0.111. The Labute approximate surface area is 164 Å². The Morgan fingerprint density at radius 3 is 2.76 bits per heavy atom. The van der Waals surface area contributed by atoms with Crippen molar-refractivity contribution in [2.24, 2.45) is 0 Å². The van der Waals surface area contributed by atoms with Crippen molar-refractivity contribution in [2.75, 3.05) is 12.4 Å². The van der Waals surface area contributed by atoms with E-state index in [1.165, 1.54) is 18.0 Å². The number of aromatic nitrogens is 2. The summed E-state index contributed by atoms with van der Waals surface area (Å²) < 4.78 is 11.5. The molecule has 1 amide bonds. The number of esters is 1. The molecule has 1 N–H and O–H groups in total. The molecule has 0 aliphatic carbocycles. The standard InChI is InChI=1S/C21H17N3O5/c1-12-9-13(21(27)28-2)7-8-15(12)23-17(25)10-24-11-22-18-14-5-3-4-6-16(14)29-19(18)20(24)26/h3-9,11H,10H2,1-2H3,(H,23,25). The van der Waals surface area contributed by atoms with E-state index < -0.39 is 17.4 Å². The molecule has 0 unspecified atom stereocenters. The van der Waals surface area contributed by atoms with Crippen LogP contribution in [0.1, 0.15) is 15.9 Å². The molecule has 0 bridgehead atoms. The number of para-hydroxylation sites is 1. The van der Waals surface area contributed by atoms with Crippen LogP contribution >= 0.6 is 0 Å². The highest BCUT2D eigenvalue weighted by atomic mass is 16.5. The molecule has 2 aromatic heterocycles. The van der Waals surface area contributed by atoms with Crippen LogP contribution in [0.25, 0.3) is 22.1 Å². The molecule has 0 aliphatic rings. The van der Waals surface area contributed by atoms with Crippen LogP contribution in [0.2, 0.25) is 0 Å². The molecule has 8 nitrogen and oxygen atoms in total. The van der Waals surface area contributed by atoms with Crippen LogP contribution in [0.5, 0.6) is 0 Å². The first kappa shape index (κ1) is 18.4. The average Bonchev–Trinajstić information content (AvgIpc) is 3.10. The van der Waals surface area contributed by atoms with Crippen LogP contribution in [0.3, 0.4) is 0 Å². The van der Waals surface area contributed by atoms with E-state index in [-0.39, 0.29) is 12.1 Å². The van der Waals surface area contributed by atoms with Crippen molar-refractivity contribution in [2.45, 2.75) is 13.5 Å². The van der Waals surface area contributed by atoms with Gasteiger partial charge in [0.25, 0.3) is 5.56 Å². The molecule has 0 radical (unpaired) electrons. The number of hydrogen-bond acceptors (Lipinski definition) is 6. The predicted molar refractivity (Wildman–Crippen MR) is 107 cm³/mol. The van der Waals surface area contributed by atoms with Crippen LogP contribution in [0.4, 0.5) is 5.69 Å². The van der Waals surface area contributed by atoms with Crippen molar-refractivity contribution >= 4 is 39.6 Å². The van der Waals surface area contributed by atoms with Gasteiger partial charge in [0, 0.05) is 11.1 Å². The Morgan fingerprint density at radius 1 is 1.21 bits per heavy atom. The number of nitrogens with one attached hydrogen (secondary N) is 1. The van der Waals surface area contributed by atoms with Gasteiger partial charge in [-0.25, -0.2) is 9.78 Å². The van der Waals surface area contributed by atoms with Crippen molar-refractivity contribution in [3.8, 4) is 0 Å². The monoisotopic (exact) mass is 391 g/mol. The summed E-state index contributed by atoms with van der Waals surface area (Å²) in [4.78, 5) is 41.0. The predicted octanol–water partition coefficient (Wildman–Crippen LogP) is 2.88. The number of furan rings is 1. The number of nitrogens with zero attached hydrogens (tertiary/aromatic N) is 2. The highest BCUT2D eigenvalue weighted by Gasteiger charge is 2.15. The van der Waals surface area contributed by atoms with Gasteiger partial charge < -0.3 is 14.5 Å². The summed E-state index contributed by atoms with van der Waals surface area (Å²) in [7, 11) is 1.30. The molecule has 0 atom stereocenters.